The summed E-state index contributed by atoms with van der Waals surface area (Å²) in [6.45, 7) is 7.43. The zero-order valence-corrected chi connectivity index (χ0v) is 20.1. The summed E-state index contributed by atoms with van der Waals surface area (Å²) >= 11 is 5.37. The lowest BCUT2D eigenvalue weighted by Gasteiger charge is -2.21. The molecular formula is C23H27N5O4S. The second-order valence-electron chi connectivity index (χ2n) is 6.98. The Kier molecular flexibility index (Phi) is 7.83. The van der Waals surface area contributed by atoms with E-state index in [0.29, 0.717) is 27.7 Å². The number of aromatic nitrogens is 3. The lowest BCUT2D eigenvalue weighted by Crippen LogP contribution is -2.21. The van der Waals surface area contributed by atoms with E-state index in [9.17, 15) is 4.79 Å². The molecule has 0 saturated carbocycles. The molecule has 0 aliphatic heterocycles. The number of ether oxygens (including phenoxy) is 3. The van der Waals surface area contributed by atoms with E-state index in [4.69, 9.17) is 26.4 Å². The molecule has 2 aromatic carbocycles. The highest BCUT2D eigenvalue weighted by Gasteiger charge is 2.16. The molecule has 3 aromatic rings. The van der Waals surface area contributed by atoms with Crippen LogP contribution in [0.3, 0.4) is 0 Å². The van der Waals surface area contributed by atoms with Crippen molar-refractivity contribution in [2.75, 3.05) is 32.2 Å². The number of H-pyrrole nitrogens is 1. The molecule has 0 fully saturated rings. The van der Waals surface area contributed by atoms with Gasteiger partial charge in [-0.1, -0.05) is 0 Å². The number of hydrogen-bond acceptors (Lipinski definition) is 8. The average Bonchev–Trinajstić information content (AvgIpc) is 3.19. The highest BCUT2D eigenvalue weighted by Crippen LogP contribution is 2.38. The summed E-state index contributed by atoms with van der Waals surface area (Å²) in [6, 6.07) is 11.5. The van der Waals surface area contributed by atoms with E-state index in [1.165, 1.54) is 21.1 Å². The second-order valence-corrected chi connectivity index (χ2v) is 7.36. The Labute approximate surface area is 197 Å². The number of benzene rings is 2. The van der Waals surface area contributed by atoms with Crippen molar-refractivity contribution in [3.05, 3.63) is 46.7 Å². The quantitative estimate of drug-likeness (QED) is 0.216. The van der Waals surface area contributed by atoms with E-state index in [0.717, 1.165) is 24.3 Å². The number of carbonyl (C=O) groups is 1. The molecule has 10 heteroatoms. The first kappa shape index (κ1) is 24.0. The summed E-state index contributed by atoms with van der Waals surface area (Å²) in [5, 5.41) is 11.6. The van der Waals surface area contributed by atoms with E-state index in [2.05, 4.69) is 46.2 Å². The Balaban J connectivity index is 1.95. The van der Waals surface area contributed by atoms with Crippen molar-refractivity contribution in [3.8, 4) is 28.6 Å². The minimum atomic E-state index is -0.477. The number of aromatic amines is 1. The molecule has 0 radical (unpaired) electrons. The summed E-state index contributed by atoms with van der Waals surface area (Å²) in [6.07, 6.45) is 1.60. The van der Waals surface area contributed by atoms with Crippen molar-refractivity contribution in [1.82, 2.24) is 14.9 Å². The number of hydrogen-bond donors (Lipinski definition) is 1. The SMILES string of the molecule is CCN(CC)c1ccc(-c2n[nH]c(=S)n2N=Cc2cc(OC)c(OC(C)=O)c(OC)c2)cc1. The Morgan fingerprint density at radius 2 is 1.76 bits per heavy atom. The van der Waals surface area contributed by atoms with Crippen LogP contribution in [0, 0.1) is 4.77 Å². The topological polar surface area (TPSA) is 94.0 Å². The van der Waals surface area contributed by atoms with Gasteiger partial charge in [-0.05, 0) is 62.5 Å². The molecule has 33 heavy (non-hydrogen) atoms. The van der Waals surface area contributed by atoms with Crippen LogP contribution in [0.5, 0.6) is 17.2 Å². The summed E-state index contributed by atoms with van der Waals surface area (Å²) in [5.74, 6) is 0.994. The van der Waals surface area contributed by atoms with Crippen LogP contribution in [-0.4, -0.2) is 54.4 Å². The Morgan fingerprint density at radius 3 is 2.27 bits per heavy atom. The predicted molar refractivity (Wildman–Crippen MR) is 130 cm³/mol. The smallest absolute Gasteiger partial charge is 0.308 e. The molecule has 0 unspecified atom stereocenters. The fourth-order valence-corrected chi connectivity index (χ4v) is 3.52. The Bertz CT molecular complexity index is 1170. The maximum Gasteiger partial charge on any atom is 0.308 e. The summed E-state index contributed by atoms with van der Waals surface area (Å²) < 4.78 is 17.8. The molecule has 1 heterocycles. The van der Waals surface area contributed by atoms with Crippen LogP contribution in [0.1, 0.15) is 26.3 Å². The number of esters is 1. The second kappa shape index (κ2) is 10.8. The van der Waals surface area contributed by atoms with Crippen LogP contribution in [0.4, 0.5) is 5.69 Å². The van der Waals surface area contributed by atoms with Gasteiger partial charge >= 0.3 is 5.97 Å². The number of rotatable bonds is 9. The van der Waals surface area contributed by atoms with Gasteiger partial charge in [0.2, 0.25) is 10.5 Å². The lowest BCUT2D eigenvalue weighted by atomic mass is 10.2. The monoisotopic (exact) mass is 469 g/mol. The van der Waals surface area contributed by atoms with Gasteiger partial charge in [0.05, 0.1) is 20.4 Å². The molecule has 1 N–H and O–H groups in total. The van der Waals surface area contributed by atoms with Gasteiger partial charge < -0.3 is 19.1 Å². The van der Waals surface area contributed by atoms with Crippen molar-refractivity contribution in [3.63, 3.8) is 0 Å². The van der Waals surface area contributed by atoms with Gasteiger partial charge in [-0.2, -0.15) is 14.9 Å². The zero-order valence-electron chi connectivity index (χ0n) is 19.3. The van der Waals surface area contributed by atoms with Crippen LogP contribution >= 0.6 is 12.2 Å². The van der Waals surface area contributed by atoms with Gasteiger partial charge in [0.1, 0.15) is 0 Å². The molecule has 0 aliphatic carbocycles. The molecular weight excluding hydrogens is 442 g/mol. The third-order valence-electron chi connectivity index (χ3n) is 4.96. The summed E-state index contributed by atoms with van der Waals surface area (Å²) in [7, 11) is 2.96. The zero-order chi connectivity index (χ0) is 24.0. The molecule has 9 nitrogen and oxygen atoms in total. The van der Waals surface area contributed by atoms with Crippen LogP contribution in [0.15, 0.2) is 41.5 Å². The number of nitrogens with one attached hydrogen (secondary N) is 1. The first-order chi connectivity index (χ1) is 15.9. The molecule has 0 spiro atoms. The van der Waals surface area contributed by atoms with Gasteiger partial charge in [-0.3, -0.25) is 4.79 Å². The van der Waals surface area contributed by atoms with E-state index >= 15 is 0 Å². The standard InChI is InChI=1S/C23H27N5O4S/c1-6-27(7-2)18-10-8-17(9-11-18)22-25-26-23(33)28(22)24-14-16-12-19(30-4)21(32-15(3)29)20(13-16)31-5/h8-14H,6-7H2,1-5H3,(H,26,33). The van der Waals surface area contributed by atoms with Gasteiger partial charge in [0.25, 0.3) is 0 Å². The van der Waals surface area contributed by atoms with E-state index < -0.39 is 5.97 Å². The lowest BCUT2D eigenvalue weighted by molar-refractivity contribution is -0.132. The van der Waals surface area contributed by atoms with Gasteiger partial charge in [0.15, 0.2) is 17.3 Å². The summed E-state index contributed by atoms with van der Waals surface area (Å²) in [5.41, 5.74) is 2.67. The minimum Gasteiger partial charge on any atom is -0.493 e. The number of nitrogens with zero attached hydrogens (tertiary/aromatic N) is 4. The Morgan fingerprint density at radius 1 is 1.15 bits per heavy atom. The van der Waals surface area contributed by atoms with Crippen LogP contribution in [-0.2, 0) is 4.79 Å². The summed E-state index contributed by atoms with van der Waals surface area (Å²) in [4.78, 5) is 13.7. The number of methoxy groups -OCH3 is 2. The van der Waals surface area contributed by atoms with Crippen LogP contribution < -0.4 is 19.1 Å². The van der Waals surface area contributed by atoms with Gasteiger partial charge in [-0.25, -0.2) is 5.10 Å². The highest BCUT2D eigenvalue weighted by atomic mass is 32.1. The maximum atomic E-state index is 11.4. The molecule has 1 aromatic heterocycles. The molecule has 0 bridgehead atoms. The molecule has 0 aliphatic rings. The van der Waals surface area contributed by atoms with Crippen LogP contribution in [0.25, 0.3) is 11.4 Å². The van der Waals surface area contributed by atoms with E-state index in [1.54, 1.807) is 23.0 Å². The molecule has 0 saturated heterocycles. The normalized spacial score (nSPS) is 10.9. The molecule has 174 valence electrons. The van der Waals surface area contributed by atoms with Crippen molar-refractivity contribution in [2.45, 2.75) is 20.8 Å². The first-order valence-electron chi connectivity index (χ1n) is 10.4. The van der Waals surface area contributed by atoms with E-state index in [1.807, 2.05) is 12.1 Å². The van der Waals surface area contributed by atoms with Gasteiger partial charge in [-0.15, -0.1) is 0 Å². The number of anilines is 1. The highest BCUT2D eigenvalue weighted by molar-refractivity contribution is 7.71. The van der Waals surface area contributed by atoms with Crippen molar-refractivity contribution in [2.24, 2.45) is 5.10 Å². The predicted octanol–water partition coefficient (Wildman–Crippen LogP) is 4.28. The Hall–Kier alpha value is -3.66. The third-order valence-corrected chi connectivity index (χ3v) is 5.22. The first-order valence-corrected chi connectivity index (χ1v) is 10.8. The number of carbonyl (C=O) groups excluding carboxylic acids is 1. The van der Waals surface area contributed by atoms with Crippen molar-refractivity contribution in [1.29, 1.82) is 0 Å². The maximum absolute atomic E-state index is 11.4. The van der Waals surface area contributed by atoms with Crippen molar-refractivity contribution < 1.29 is 19.0 Å². The molecule has 0 amide bonds. The molecule has 0 atom stereocenters. The largest absolute Gasteiger partial charge is 0.493 e. The van der Waals surface area contributed by atoms with Gasteiger partial charge in [0, 0.05) is 36.8 Å². The van der Waals surface area contributed by atoms with Crippen molar-refractivity contribution >= 4 is 30.1 Å². The fourth-order valence-electron chi connectivity index (χ4n) is 3.34. The van der Waals surface area contributed by atoms with Crippen LogP contribution in [0.2, 0.25) is 0 Å². The third kappa shape index (κ3) is 5.40. The molecule has 3 rings (SSSR count). The fraction of sp³-hybridized carbons (Fsp3) is 0.304. The van der Waals surface area contributed by atoms with E-state index in [-0.39, 0.29) is 5.75 Å². The minimum absolute atomic E-state index is 0.207. The average molecular weight is 470 g/mol.